The largest absolute Gasteiger partial charge is 0.326 e. The van der Waals surface area contributed by atoms with Crippen LogP contribution in [0.5, 0.6) is 0 Å². The van der Waals surface area contributed by atoms with Crippen molar-refractivity contribution < 1.29 is 9.59 Å². The van der Waals surface area contributed by atoms with Gasteiger partial charge < -0.3 is 10.6 Å². The second-order valence-electron chi connectivity index (χ2n) is 5.58. The molecule has 1 fully saturated rings. The molecule has 0 saturated heterocycles. The van der Waals surface area contributed by atoms with Crippen LogP contribution in [0.4, 0.5) is 11.4 Å². The van der Waals surface area contributed by atoms with Crippen LogP contribution in [0, 0.1) is 11.8 Å². The smallest absolute Gasteiger partial charge is 0.227 e. The second-order valence-corrected chi connectivity index (χ2v) is 5.58. The molecule has 0 spiro atoms. The molecule has 2 N–H and O–H groups in total. The van der Waals surface area contributed by atoms with Crippen LogP contribution in [-0.4, -0.2) is 11.8 Å². The summed E-state index contributed by atoms with van der Waals surface area (Å²) < 4.78 is 0. The molecule has 0 aromatic heterocycles. The van der Waals surface area contributed by atoms with Gasteiger partial charge in [0.05, 0.1) is 0 Å². The van der Waals surface area contributed by atoms with E-state index in [1.54, 1.807) is 12.1 Å². The molecule has 0 bridgehead atoms. The Morgan fingerprint density at radius 2 is 1.75 bits per heavy atom. The Kier molecular flexibility index (Phi) is 4.77. The highest BCUT2D eigenvalue weighted by atomic mass is 16.2. The molecule has 4 nitrogen and oxygen atoms in total. The van der Waals surface area contributed by atoms with E-state index in [4.69, 9.17) is 0 Å². The molecule has 1 aliphatic carbocycles. The van der Waals surface area contributed by atoms with E-state index in [9.17, 15) is 9.59 Å². The standard InChI is InChI=1S/C16H22N2O2/c1-11(13-6-3-4-7-13)16(20)18-15-9-5-8-14(10-15)17-12(2)19/h5,8-11,13H,3-4,6-7H2,1-2H3,(H,17,19)(H,18,20). The topological polar surface area (TPSA) is 58.2 Å². The molecule has 2 rings (SSSR count). The Morgan fingerprint density at radius 3 is 2.35 bits per heavy atom. The maximum absolute atomic E-state index is 12.2. The maximum Gasteiger partial charge on any atom is 0.227 e. The number of carbonyl (C=O) groups excluding carboxylic acids is 2. The average molecular weight is 274 g/mol. The first-order valence-corrected chi connectivity index (χ1v) is 7.25. The lowest BCUT2D eigenvalue weighted by Gasteiger charge is -2.18. The van der Waals surface area contributed by atoms with E-state index in [0.717, 1.165) is 18.5 Å². The Balaban J connectivity index is 1.98. The van der Waals surface area contributed by atoms with Gasteiger partial charge >= 0.3 is 0 Å². The lowest BCUT2D eigenvalue weighted by molar-refractivity contribution is -0.120. The number of nitrogens with one attached hydrogen (secondary N) is 2. The molecule has 108 valence electrons. The summed E-state index contributed by atoms with van der Waals surface area (Å²) in [6, 6.07) is 7.24. The van der Waals surface area contributed by atoms with Crippen LogP contribution in [0.3, 0.4) is 0 Å². The van der Waals surface area contributed by atoms with Crippen LogP contribution in [0.2, 0.25) is 0 Å². The normalized spacial score (nSPS) is 16.7. The van der Waals surface area contributed by atoms with Gasteiger partial charge in [-0.15, -0.1) is 0 Å². The van der Waals surface area contributed by atoms with Gasteiger partial charge in [-0.3, -0.25) is 9.59 Å². The molecule has 20 heavy (non-hydrogen) atoms. The summed E-state index contributed by atoms with van der Waals surface area (Å²) in [6.07, 6.45) is 4.78. The minimum Gasteiger partial charge on any atom is -0.326 e. The molecule has 1 atom stereocenters. The zero-order valence-corrected chi connectivity index (χ0v) is 12.1. The number of hydrogen-bond donors (Lipinski definition) is 2. The molecule has 0 aliphatic heterocycles. The van der Waals surface area contributed by atoms with E-state index < -0.39 is 0 Å². The number of amides is 2. The number of benzene rings is 1. The van der Waals surface area contributed by atoms with Crippen LogP contribution in [0.1, 0.15) is 39.5 Å². The fourth-order valence-corrected chi connectivity index (χ4v) is 2.81. The average Bonchev–Trinajstić information content (AvgIpc) is 2.91. The van der Waals surface area contributed by atoms with Gasteiger partial charge in [-0.1, -0.05) is 25.8 Å². The third-order valence-electron chi connectivity index (χ3n) is 3.97. The monoisotopic (exact) mass is 274 g/mol. The molecule has 1 aromatic carbocycles. The lowest BCUT2D eigenvalue weighted by atomic mass is 9.92. The first-order valence-electron chi connectivity index (χ1n) is 7.25. The van der Waals surface area contributed by atoms with Gasteiger partial charge in [0.15, 0.2) is 0 Å². The van der Waals surface area contributed by atoms with Gasteiger partial charge in [-0.2, -0.15) is 0 Å². The van der Waals surface area contributed by atoms with Crippen molar-refractivity contribution in [2.24, 2.45) is 11.8 Å². The predicted octanol–water partition coefficient (Wildman–Crippen LogP) is 3.41. The minimum absolute atomic E-state index is 0.0434. The highest BCUT2D eigenvalue weighted by Crippen LogP contribution is 2.31. The van der Waals surface area contributed by atoms with Crippen molar-refractivity contribution >= 4 is 23.2 Å². The predicted molar refractivity (Wildman–Crippen MR) is 80.5 cm³/mol. The molecule has 1 aliphatic rings. The summed E-state index contributed by atoms with van der Waals surface area (Å²) in [5.74, 6) is 0.500. The SMILES string of the molecule is CC(=O)Nc1cccc(NC(=O)C(C)C2CCCC2)c1. The molecule has 1 aromatic rings. The number of rotatable bonds is 4. The fourth-order valence-electron chi connectivity index (χ4n) is 2.81. The van der Waals surface area contributed by atoms with Gasteiger partial charge in [0.1, 0.15) is 0 Å². The number of anilines is 2. The molecule has 2 amide bonds. The van der Waals surface area contributed by atoms with E-state index in [2.05, 4.69) is 10.6 Å². The molecule has 1 unspecified atom stereocenters. The maximum atomic E-state index is 12.2. The van der Waals surface area contributed by atoms with E-state index in [0.29, 0.717) is 11.6 Å². The molecular weight excluding hydrogens is 252 g/mol. The van der Waals surface area contributed by atoms with Crippen molar-refractivity contribution in [1.29, 1.82) is 0 Å². The molecule has 1 saturated carbocycles. The zero-order valence-electron chi connectivity index (χ0n) is 12.1. The van der Waals surface area contributed by atoms with Gasteiger partial charge in [0.25, 0.3) is 0 Å². The first kappa shape index (κ1) is 14.6. The number of carbonyl (C=O) groups is 2. The summed E-state index contributed by atoms with van der Waals surface area (Å²) >= 11 is 0. The van der Waals surface area contributed by atoms with Gasteiger partial charge in [-0.05, 0) is 37.0 Å². The van der Waals surface area contributed by atoms with Crippen molar-refractivity contribution in [3.63, 3.8) is 0 Å². The highest BCUT2D eigenvalue weighted by Gasteiger charge is 2.26. The summed E-state index contributed by atoms with van der Waals surface area (Å²) in [6.45, 7) is 3.47. The Bertz CT molecular complexity index is 493. The molecular formula is C16H22N2O2. The fraction of sp³-hybridized carbons (Fsp3) is 0.500. The van der Waals surface area contributed by atoms with E-state index in [1.807, 2.05) is 19.1 Å². The molecule has 0 heterocycles. The Labute approximate surface area is 119 Å². The third kappa shape index (κ3) is 3.83. The van der Waals surface area contributed by atoms with E-state index in [-0.39, 0.29) is 17.7 Å². The van der Waals surface area contributed by atoms with E-state index >= 15 is 0 Å². The first-order chi connectivity index (χ1) is 9.56. The summed E-state index contributed by atoms with van der Waals surface area (Å²) in [5, 5.41) is 5.65. The van der Waals surface area contributed by atoms with Crippen LogP contribution >= 0.6 is 0 Å². The Morgan fingerprint density at radius 1 is 1.15 bits per heavy atom. The van der Waals surface area contributed by atoms with Crippen LogP contribution in [0.15, 0.2) is 24.3 Å². The molecule has 0 radical (unpaired) electrons. The van der Waals surface area contributed by atoms with Crippen LogP contribution in [-0.2, 0) is 9.59 Å². The minimum atomic E-state index is -0.118. The van der Waals surface area contributed by atoms with Crippen molar-refractivity contribution in [1.82, 2.24) is 0 Å². The van der Waals surface area contributed by atoms with Crippen molar-refractivity contribution in [3.8, 4) is 0 Å². The van der Waals surface area contributed by atoms with Gasteiger partial charge in [-0.25, -0.2) is 0 Å². The van der Waals surface area contributed by atoms with E-state index in [1.165, 1.54) is 19.8 Å². The van der Waals surface area contributed by atoms with Crippen LogP contribution < -0.4 is 10.6 Å². The van der Waals surface area contributed by atoms with Crippen LogP contribution in [0.25, 0.3) is 0 Å². The second kappa shape index (κ2) is 6.55. The molecule has 4 heteroatoms. The van der Waals surface area contributed by atoms with Crippen molar-refractivity contribution in [2.45, 2.75) is 39.5 Å². The highest BCUT2D eigenvalue weighted by molar-refractivity contribution is 5.94. The quantitative estimate of drug-likeness (QED) is 0.884. The van der Waals surface area contributed by atoms with Gasteiger partial charge in [0.2, 0.25) is 11.8 Å². The zero-order chi connectivity index (χ0) is 14.5. The lowest BCUT2D eigenvalue weighted by Crippen LogP contribution is -2.25. The summed E-state index contributed by atoms with van der Waals surface area (Å²) in [7, 11) is 0. The van der Waals surface area contributed by atoms with Crippen molar-refractivity contribution in [2.75, 3.05) is 10.6 Å². The Hall–Kier alpha value is -1.84. The third-order valence-corrected chi connectivity index (χ3v) is 3.97. The summed E-state index contributed by atoms with van der Waals surface area (Å²) in [5.41, 5.74) is 1.43. The van der Waals surface area contributed by atoms with Gasteiger partial charge in [0, 0.05) is 24.2 Å². The summed E-state index contributed by atoms with van der Waals surface area (Å²) in [4.78, 5) is 23.3. The number of hydrogen-bond acceptors (Lipinski definition) is 2. The van der Waals surface area contributed by atoms with Crippen molar-refractivity contribution in [3.05, 3.63) is 24.3 Å².